The number of nitro benzene ring substituents is 1. The van der Waals surface area contributed by atoms with E-state index >= 15 is 0 Å². The molecule has 0 bridgehead atoms. The van der Waals surface area contributed by atoms with Crippen LogP contribution in [0.3, 0.4) is 0 Å². The molecule has 0 aliphatic carbocycles. The highest BCUT2D eigenvalue weighted by molar-refractivity contribution is 5.35. The van der Waals surface area contributed by atoms with Crippen LogP contribution in [0.1, 0.15) is 24.2 Å². The summed E-state index contributed by atoms with van der Waals surface area (Å²) in [5, 5.41) is 20.2. The van der Waals surface area contributed by atoms with Gasteiger partial charge in [0.1, 0.15) is 5.75 Å². The zero-order valence-electron chi connectivity index (χ0n) is 11.7. The van der Waals surface area contributed by atoms with Crippen molar-refractivity contribution in [2.75, 3.05) is 6.61 Å². The Balaban J connectivity index is 1.94. The summed E-state index contributed by atoms with van der Waals surface area (Å²) >= 11 is 0. The maximum atomic E-state index is 10.6. The molecule has 0 amide bonds. The van der Waals surface area contributed by atoms with Crippen LogP contribution >= 0.6 is 0 Å². The number of rotatable bonds is 6. The summed E-state index contributed by atoms with van der Waals surface area (Å²) in [4.78, 5) is 10.2. The van der Waals surface area contributed by atoms with E-state index in [0.29, 0.717) is 18.8 Å². The standard InChI is InChI=1S/C16H17NO4/c1-12(18)15-4-2-3-5-16(15)21-11-10-13-6-8-14(9-7-13)17(19)20/h2-9,12,18H,10-11H2,1H3. The first kappa shape index (κ1) is 15.0. The van der Waals surface area contributed by atoms with Crippen molar-refractivity contribution < 1.29 is 14.8 Å². The van der Waals surface area contributed by atoms with Gasteiger partial charge >= 0.3 is 0 Å². The molecule has 1 N–H and O–H groups in total. The van der Waals surface area contributed by atoms with E-state index in [4.69, 9.17) is 4.74 Å². The Labute approximate surface area is 123 Å². The third-order valence-electron chi connectivity index (χ3n) is 3.16. The Hall–Kier alpha value is -2.40. The summed E-state index contributed by atoms with van der Waals surface area (Å²) in [7, 11) is 0. The number of aliphatic hydroxyl groups excluding tert-OH is 1. The highest BCUT2D eigenvalue weighted by Crippen LogP contribution is 2.24. The van der Waals surface area contributed by atoms with Gasteiger partial charge in [0.2, 0.25) is 0 Å². The molecule has 2 rings (SSSR count). The van der Waals surface area contributed by atoms with E-state index in [2.05, 4.69) is 0 Å². The molecule has 0 saturated heterocycles. The van der Waals surface area contributed by atoms with E-state index in [9.17, 15) is 15.2 Å². The van der Waals surface area contributed by atoms with Crippen LogP contribution in [0.4, 0.5) is 5.69 Å². The molecule has 0 heterocycles. The van der Waals surface area contributed by atoms with Crippen molar-refractivity contribution in [3.63, 3.8) is 0 Å². The Morgan fingerprint density at radius 2 is 1.86 bits per heavy atom. The van der Waals surface area contributed by atoms with Crippen LogP contribution in [-0.4, -0.2) is 16.6 Å². The smallest absolute Gasteiger partial charge is 0.269 e. The average molecular weight is 287 g/mol. The van der Waals surface area contributed by atoms with Crippen LogP contribution in [0.2, 0.25) is 0 Å². The number of para-hydroxylation sites is 1. The molecule has 1 atom stereocenters. The van der Waals surface area contributed by atoms with Gasteiger partial charge in [0.05, 0.1) is 17.6 Å². The van der Waals surface area contributed by atoms with E-state index < -0.39 is 11.0 Å². The largest absolute Gasteiger partial charge is 0.493 e. The maximum Gasteiger partial charge on any atom is 0.269 e. The monoisotopic (exact) mass is 287 g/mol. The minimum atomic E-state index is -0.583. The molecule has 0 aliphatic rings. The number of hydrogen-bond donors (Lipinski definition) is 1. The number of ether oxygens (including phenoxy) is 1. The number of hydrogen-bond acceptors (Lipinski definition) is 4. The van der Waals surface area contributed by atoms with Crippen molar-refractivity contribution in [2.45, 2.75) is 19.4 Å². The first-order valence-electron chi connectivity index (χ1n) is 6.71. The molecule has 0 radical (unpaired) electrons. The van der Waals surface area contributed by atoms with Crippen LogP contribution < -0.4 is 4.74 Å². The molecule has 2 aromatic carbocycles. The summed E-state index contributed by atoms with van der Waals surface area (Å²) in [6.07, 6.45) is 0.0622. The van der Waals surface area contributed by atoms with Crippen molar-refractivity contribution in [1.82, 2.24) is 0 Å². The molecule has 0 fully saturated rings. The molecule has 0 aromatic heterocycles. The summed E-state index contributed by atoms with van der Waals surface area (Å²) in [5.41, 5.74) is 1.80. The molecular weight excluding hydrogens is 270 g/mol. The van der Waals surface area contributed by atoms with E-state index in [0.717, 1.165) is 11.1 Å². The fourth-order valence-electron chi connectivity index (χ4n) is 2.02. The second-order valence-electron chi connectivity index (χ2n) is 4.74. The fourth-order valence-corrected chi connectivity index (χ4v) is 2.02. The van der Waals surface area contributed by atoms with Gasteiger partial charge in [-0.3, -0.25) is 10.1 Å². The topological polar surface area (TPSA) is 72.6 Å². The summed E-state index contributed by atoms with van der Waals surface area (Å²) in [6, 6.07) is 13.8. The van der Waals surface area contributed by atoms with Gasteiger partial charge in [0.25, 0.3) is 5.69 Å². The van der Waals surface area contributed by atoms with Crippen molar-refractivity contribution >= 4 is 5.69 Å². The lowest BCUT2D eigenvalue weighted by Crippen LogP contribution is -2.04. The Bertz CT molecular complexity index is 608. The average Bonchev–Trinajstić information content (AvgIpc) is 2.48. The van der Waals surface area contributed by atoms with Crippen LogP contribution in [0.15, 0.2) is 48.5 Å². The predicted molar refractivity (Wildman–Crippen MR) is 79.4 cm³/mol. The Kier molecular flexibility index (Phi) is 4.90. The maximum absolute atomic E-state index is 10.6. The molecule has 2 aromatic rings. The van der Waals surface area contributed by atoms with Crippen molar-refractivity contribution in [3.8, 4) is 5.75 Å². The number of non-ortho nitro benzene ring substituents is 1. The number of benzene rings is 2. The summed E-state index contributed by atoms with van der Waals surface area (Å²) < 4.78 is 5.69. The van der Waals surface area contributed by atoms with Crippen LogP contribution in [-0.2, 0) is 6.42 Å². The van der Waals surface area contributed by atoms with Gasteiger partial charge in [0.15, 0.2) is 0 Å². The van der Waals surface area contributed by atoms with Gasteiger partial charge in [-0.25, -0.2) is 0 Å². The van der Waals surface area contributed by atoms with Gasteiger partial charge < -0.3 is 9.84 Å². The lowest BCUT2D eigenvalue weighted by Gasteiger charge is -2.13. The van der Waals surface area contributed by atoms with Crippen LogP contribution in [0.25, 0.3) is 0 Å². The Morgan fingerprint density at radius 3 is 2.48 bits per heavy atom. The number of nitrogens with zero attached hydrogens (tertiary/aromatic N) is 1. The highest BCUT2D eigenvalue weighted by atomic mass is 16.6. The second kappa shape index (κ2) is 6.85. The molecule has 5 heteroatoms. The van der Waals surface area contributed by atoms with E-state index in [-0.39, 0.29) is 5.69 Å². The van der Waals surface area contributed by atoms with Gasteiger partial charge in [-0.05, 0) is 18.6 Å². The molecule has 0 saturated carbocycles. The minimum Gasteiger partial charge on any atom is -0.493 e. The molecule has 0 aliphatic heterocycles. The Morgan fingerprint density at radius 1 is 1.19 bits per heavy atom. The van der Waals surface area contributed by atoms with Crippen molar-refractivity contribution in [2.24, 2.45) is 0 Å². The van der Waals surface area contributed by atoms with Gasteiger partial charge in [0, 0.05) is 24.1 Å². The van der Waals surface area contributed by atoms with Gasteiger partial charge in [-0.15, -0.1) is 0 Å². The molecular formula is C16H17NO4. The summed E-state index contributed by atoms with van der Waals surface area (Å²) in [6.45, 7) is 2.14. The predicted octanol–water partition coefficient (Wildman–Crippen LogP) is 3.27. The SMILES string of the molecule is CC(O)c1ccccc1OCCc1ccc([N+](=O)[O-])cc1. The molecule has 21 heavy (non-hydrogen) atoms. The first-order valence-corrected chi connectivity index (χ1v) is 6.71. The lowest BCUT2D eigenvalue weighted by atomic mass is 10.1. The van der Waals surface area contributed by atoms with Gasteiger partial charge in [-0.2, -0.15) is 0 Å². The molecule has 5 nitrogen and oxygen atoms in total. The molecule has 110 valence electrons. The third-order valence-corrected chi connectivity index (χ3v) is 3.16. The van der Waals surface area contributed by atoms with Crippen LogP contribution in [0.5, 0.6) is 5.75 Å². The minimum absolute atomic E-state index is 0.0825. The molecule has 0 spiro atoms. The van der Waals surface area contributed by atoms with Crippen molar-refractivity contribution in [3.05, 3.63) is 69.8 Å². The molecule has 1 unspecified atom stereocenters. The zero-order chi connectivity index (χ0) is 15.2. The van der Waals surface area contributed by atoms with E-state index in [1.54, 1.807) is 19.1 Å². The normalized spacial score (nSPS) is 11.9. The number of aliphatic hydroxyl groups is 1. The number of nitro groups is 1. The second-order valence-corrected chi connectivity index (χ2v) is 4.74. The van der Waals surface area contributed by atoms with Crippen molar-refractivity contribution in [1.29, 1.82) is 0 Å². The zero-order valence-corrected chi connectivity index (χ0v) is 11.7. The summed E-state index contributed by atoms with van der Waals surface area (Å²) in [5.74, 6) is 0.661. The van der Waals surface area contributed by atoms with E-state index in [1.165, 1.54) is 12.1 Å². The first-order chi connectivity index (χ1) is 10.1. The van der Waals surface area contributed by atoms with Crippen LogP contribution in [0, 0.1) is 10.1 Å². The van der Waals surface area contributed by atoms with Gasteiger partial charge in [-0.1, -0.05) is 30.3 Å². The fraction of sp³-hybridized carbons (Fsp3) is 0.250. The highest BCUT2D eigenvalue weighted by Gasteiger charge is 2.08. The third kappa shape index (κ3) is 4.03. The quantitative estimate of drug-likeness (QED) is 0.653. The van der Waals surface area contributed by atoms with E-state index in [1.807, 2.05) is 24.3 Å². The lowest BCUT2D eigenvalue weighted by molar-refractivity contribution is -0.384.